The molecular formula is C21H17ClFN5. The standard InChI is InChI=1S/C21H17ClFN5/c22-17-4-1-13(2-5-17)10-25-19-6-3-15(20(23)28-19)8-16-12-27-21-18(16)7-14(9-24)11-26-21/h1-2,4-5,7,11-12H,3,6,8,10H2,(H,25,28)(H,26,27). The fourth-order valence-electron chi connectivity index (χ4n) is 3.21. The molecule has 1 aromatic carbocycles. The molecule has 1 aliphatic rings. The summed E-state index contributed by atoms with van der Waals surface area (Å²) in [6.45, 7) is 0.479. The minimum atomic E-state index is -0.347. The Hall–Kier alpha value is -3.17. The van der Waals surface area contributed by atoms with Crippen LogP contribution in [0.25, 0.3) is 11.0 Å². The van der Waals surface area contributed by atoms with Crippen molar-refractivity contribution in [3.63, 3.8) is 0 Å². The number of rotatable bonds is 4. The number of nitrogens with one attached hydrogen (secondary N) is 2. The molecule has 2 N–H and O–H groups in total. The number of hydrogen-bond donors (Lipinski definition) is 2. The Bertz CT molecular complexity index is 1120. The molecule has 4 rings (SSSR count). The van der Waals surface area contributed by atoms with Crippen LogP contribution in [-0.4, -0.2) is 15.8 Å². The van der Waals surface area contributed by atoms with Crippen molar-refractivity contribution in [3.05, 3.63) is 76.0 Å². The van der Waals surface area contributed by atoms with Crippen LogP contribution in [0.15, 0.2) is 59.2 Å². The van der Waals surface area contributed by atoms with Crippen LogP contribution in [0, 0.1) is 11.3 Å². The Morgan fingerprint density at radius 2 is 2.07 bits per heavy atom. The van der Waals surface area contributed by atoms with E-state index in [1.807, 2.05) is 30.5 Å². The normalized spacial score (nSPS) is 15.7. The van der Waals surface area contributed by atoms with E-state index < -0.39 is 0 Å². The third-order valence-corrected chi connectivity index (χ3v) is 5.00. The lowest BCUT2D eigenvalue weighted by molar-refractivity contribution is 0.555. The first-order valence-electron chi connectivity index (χ1n) is 8.91. The summed E-state index contributed by atoms with van der Waals surface area (Å²) in [5, 5.41) is 13.4. The summed E-state index contributed by atoms with van der Waals surface area (Å²) in [6, 6.07) is 11.3. The second-order valence-electron chi connectivity index (χ2n) is 6.65. The SMILES string of the molecule is N#Cc1cnc2[nH]cc(CC3=C(F)NC(=NCc4ccc(Cl)cc4)CC3)c2c1. The highest BCUT2D eigenvalue weighted by Gasteiger charge is 2.18. The summed E-state index contributed by atoms with van der Waals surface area (Å²) < 4.78 is 14.6. The van der Waals surface area contributed by atoms with E-state index in [9.17, 15) is 4.39 Å². The molecule has 28 heavy (non-hydrogen) atoms. The number of fused-ring (bicyclic) bond motifs is 1. The van der Waals surface area contributed by atoms with E-state index in [0.29, 0.717) is 53.4 Å². The quantitative estimate of drug-likeness (QED) is 0.625. The van der Waals surface area contributed by atoms with Gasteiger partial charge in [-0.15, -0.1) is 0 Å². The van der Waals surface area contributed by atoms with Gasteiger partial charge in [-0.1, -0.05) is 23.7 Å². The number of nitrogens with zero attached hydrogens (tertiary/aromatic N) is 3. The maximum atomic E-state index is 14.6. The van der Waals surface area contributed by atoms with Crippen LogP contribution in [0.3, 0.4) is 0 Å². The third-order valence-electron chi connectivity index (χ3n) is 4.74. The molecule has 0 radical (unpaired) electrons. The first kappa shape index (κ1) is 18.2. The van der Waals surface area contributed by atoms with Crippen molar-refractivity contribution in [1.82, 2.24) is 15.3 Å². The Morgan fingerprint density at radius 1 is 1.25 bits per heavy atom. The van der Waals surface area contributed by atoms with Gasteiger partial charge in [-0.3, -0.25) is 4.99 Å². The molecule has 3 aromatic rings. The van der Waals surface area contributed by atoms with Crippen molar-refractivity contribution in [2.75, 3.05) is 0 Å². The zero-order valence-corrected chi connectivity index (χ0v) is 15.7. The van der Waals surface area contributed by atoms with Crippen LogP contribution in [0.1, 0.15) is 29.5 Å². The Kier molecular flexibility index (Phi) is 5.09. The molecule has 3 heterocycles. The maximum absolute atomic E-state index is 14.6. The van der Waals surface area contributed by atoms with Crippen molar-refractivity contribution in [1.29, 1.82) is 5.26 Å². The number of pyridine rings is 1. The highest BCUT2D eigenvalue weighted by molar-refractivity contribution is 6.30. The van der Waals surface area contributed by atoms with Crippen molar-refractivity contribution < 1.29 is 4.39 Å². The molecule has 0 amide bonds. The largest absolute Gasteiger partial charge is 0.346 e. The van der Waals surface area contributed by atoms with Gasteiger partial charge in [0.2, 0.25) is 0 Å². The lowest BCUT2D eigenvalue weighted by atomic mass is 9.99. The van der Waals surface area contributed by atoms with Crippen LogP contribution in [0.4, 0.5) is 4.39 Å². The number of amidine groups is 1. The van der Waals surface area contributed by atoms with Crippen LogP contribution in [-0.2, 0) is 13.0 Å². The van der Waals surface area contributed by atoms with Crippen molar-refractivity contribution in [2.45, 2.75) is 25.8 Å². The van der Waals surface area contributed by atoms with Crippen molar-refractivity contribution in [3.8, 4) is 6.07 Å². The van der Waals surface area contributed by atoms with Gasteiger partial charge >= 0.3 is 0 Å². The molecule has 0 bridgehead atoms. The second-order valence-corrected chi connectivity index (χ2v) is 7.09. The molecule has 0 fully saturated rings. The zero-order chi connectivity index (χ0) is 19.5. The smallest absolute Gasteiger partial charge is 0.191 e. The first-order chi connectivity index (χ1) is 13.6. The number of aliphatic imine (C=N–C) groups is 1. The molecule has 0 aliphatic carbocycles. The average Bonchev–Trinajstić information content (AvgIpc) is 3.11. The zero-order valence-electron chi connectivity index (χ0n) is 15.0. The summed E-state index contributed by atoms with van der Waals surface area (Å²) >= 11 is 5.88. The Labute approximate surface area is 166 Å². The highest BCUT2D eigenvalue weighted by atomic mass is 35.5. The molecule has 0 spiro atoms. The number of aromatic nitrogens is 2. The van der Waals surface area contributed by atoms with E-state index in [0.717, 1.165) is 16.5 Å². The number of allylic oxidation sites excluding steroid dienone is 1. The van der Waals surface area contributed by atoms with Crippen molar-refractivity contribution in [2.24, 2.45) is 4.99 Å². The van der Waals surface area contributed by atoms with Crippen LogP contribution in [0.2, 0.25) is 5.02 Å². The van der Waals surface area contributed by atoms with Gasteiger partial charge in [0, 0.05) is 35.6 Å². The van der Waals surface area contributed by atoms with E-state index in [1.165, 1.54) is 6.20 Å². The molecule has 0 unspecified atom stereocenters. The second kappa shape index (κ2) is 7.83. The van der Waals surface area contributed by atoms with E-state index in [4.69, 9.17) is 16.9 Å². The van der Waals surface area contributed by atoms with Crippen molar-refractivity contribution >= 4 is 28.5 Å². The van der Waals surface area contributed by atoms with Crippen LogP contribution >= 0.6 is 11.6 Å². The van der Waals surface area contributed by atoms with Gasteiger partial charge < -0.3 is 10.3 Å². The summed E-state index contributed by atoms with van der Waals surface area (Å²) in [6.07, 6.45) is 5.05. The van der Waals surface area contributed by atoms with E-state index in [-0.39, 0.29) is 5.95 Å². The number of nitriles is 1. The van der Waals surface area contributed by atoms with Crippen LogP contribution in [0.5, 0.6) is 0 Å². The highest BCUT2D eigenvalue weighted by Crippen LogP contribution is 2.26. The van der Waals surface area contributed by atoms with Gasteiger partial charge in [-0.2, -0.15) is 9.65 Å². The lowest BCUT2D eigenvalue weighted by Crippen LogP contribution is -2.27. The van der Waals surface area contributed by atoms with Gasteiger partial charge in [0.05, 0.1) is 12.1 Å². The molecule has 0 saturated carbocycles. The minimum absolute atomic E-state index is 0.347. The summed E-state index contributed by atoms with van der Waals surface area (Å²) in [5.41, 5.74) is 3.82. The number of benzene rings is 1. The molecule has 0 saturated heterocycles. The molecule has 5 nitrogen and oxygen atoms in total. The number of halogens is 2. The first-order valence-corrected chi connectivity index (χ1v) is 9.28. The minimum Gasteiger partial charge on any atom is -0.346 e. The van der Waals surface area contributed by atoms with E-state index in [1.54, 1.807) is 6.07 Å². The summed E-state index contributed by atoms with van der Waals surface area (Å²) in [7, 11) is 0. The number of H-pyrrole nitrogens is 1. The number of hydrogen-bond acceptors (Lipinski definition) is 3. The van der Waals surface area contributed by atoms with Gasteiger partial charge in [-0.05, 0) is 41.3 Å². The maximum Gasteiger partial charge on any atom is 0.191 e. The van der Waals surface area contributed by atoms with Gasteiger partial charge in [0.15, 0.2) is 5.95 Å². The van der Waals surface area contributed by atoms with Crippen LogP contribution < -0.4 is 5.32 Å². The number of aromatic amines is 1. The Balaban J connectivity index is 1.48. The molecule has 2 aromatic heterocycles. The summed E-state index contributed by atoms with van der Waals surface area (Å²) in [4.78, 5) is 11.8. The topological polar surface area (TPSA) is 76.9 Å². The summed E-state index contributed by atoms with van der Waals surface area (Å²) in [5.74, 6) is 0.295. The monoisotopic (exact) mass is 393 g/mol. The molecule has 140 valence electrons. The van der Waals surface area contributed by atoms with Gasteiger partial charge in [0.25, 0.3) is 0 Å². The van der Waals surface area contributed by atoms with E-state index in [2.05, 4.69) is 26.3 Å². The fourth-order valence-corrected chi connectivity index (χ4v) is 3.34. The average molecular weight is 394 g/mol. The molecule has 7 heteroatoms. The van der Waals surface area contributed by atoms with E-state index >= 15 is 0 Å². The fraction of sp³-hybridized carbons (Fsp3) is 0.190. The third kappa shape index (κ3) is 3.90. The lowest BCUT2D eigenvalue weighted by Gasteiger charge is -2.18. The predicted molar refractivity (Wildman–Crippen MR) is 108 cm³/mol. The Morgan fingerprint density at radius 3 is 2.82 bits per heavy atom. The molecule has 1 aliphatic heterocycles. The molecular weight excluding hydrogens is 377 g/mol. The predicted octanol–water partition coefficient (Wildman–Crippen LogP) is 4.79. The van der Waals surface area contributed by atoms with Gasteiger partial charge in [0.1, 0.15) is 17.6 Å². The molecule has 0 atom stereocenters. The van der Waals surface area contributed by atoms with Gasteiger partial charge in [-0.25, -0.2) is 4.98 Å².